The van der Waals surface area contributed by atoms with Gasteiger partial charge in [-0.2, -0.15) is 0 Å². The van der Waals surface area contributed by atoms with Gasteiger partial charge in [0.25, 0.3) is 6.43 Å². The predicted octanol–water partition coefficient (Wildman–Crippen LogP) is 2.98. The molecule has 66 valence electrons. The zero-order valence-corrected chi connectivity index (χ0v) is 8.47. The summed E-state index contributed by atoms with van der Waals surface area (Å²) in [5.41, 5.74) is -0.635. The lowest BCUT2D eigenvalue weighted by Crippen LogP contribution is -1.93. The van der Waals surface area contributed by atoms with Crippen LogP contribution in [0.15, 0.2) is 6.07 Å². The Morgan fingerprint density at radius 3 is 2.67 bits per heavy atom. The van der Waals surface area contributed by atoms with Gasteiger partial charge in [0.1, 0.15) is 15.1 Å². The minimum atomic E-state index is -2.78. The molecule has 0 spiro atoms. The van der Waals surface area contributed by atoms with E-state index in [1.807, 2.05) is 0 Å². The summed E-state index contributed by atoms with van der Waals surface area (Å²) < 4.78 is 24.4. The highest BCUT2D eigenvalue weighted by molar-refractivity contribution is 14.1. The molecular formula is C6H3ClF2INO. The van der Waals surface area contributed by atoms with Crippen LogP contribution in [0.4, 0.5) is 8.78 Å². The first kappa shape index (κ1) is 9.91. The van der Waals surface area contributed by atoms with E-state index >= 15 is 0 Å². The van der Waals surface area contributed by atoms with Crippen molar-refractivity contribution in [3.63, 3.8) is 0 Å². The first-order valence-electron chi connectivity index (χ1n) is 2.85. The highest BCUT2D eigenvalue weighted by Crippen LogP contribution is 2.30. The molecular weight excluding hydrogens is 302 g/mol. The molecule has 6 heteroatoms. The zero-order valence-electron chi connectivity index (χ0n) is 5.56. The normalized spacial score (nSPS) is 10.8. The molecule has 0 saturated heterocycles. The van der Waals surface area contributed by atoms with E-state index in [4.69, 9.17) is 16.7 Å². The summed E-state index contributed by atoms with van der Waals surface area (Å²) in [6, 6.07) is 1.05. The molecule has 0 aliphatic carbocycles. The number of hydrogen-bond acceptors (Lipinski definition) is 2. The molecule has 0 aliphatic heterocycles. The Morgan fingerprint density at radius 1 is 1.58 bits per heavy atom. The van der Waals surface area contributed by atoms with Gasteiger partial charge in [-0.15, -0.1) is 0 Å². The van der Waals surface area contributed by atoms with Crippen molar-refractivity contribution in [2.45, 2.75) is 6.43 Å². The number of alkyl halides is 2. The summed E-state index contributed by atoms with van der Waals surface area (Å²) in [6.45, 7) is 0. The maximum absolute atomic E-state index is 12.1. The Bertz CT molecular complexity index is 308. The molecule has 1 aromatic rings. The summed E-state index contributed by atoms with van der Waals surface area (Å²) >= 11 is 7.23. The smallest absolute Gasteiger partial charge is 0.284 e. The maximum atomic E-state index is 12.1. The van der Waals surface area contributed by atoms with E-state index < -0.39 is 17.9 Å². The summed E-state index contributed by atoms with van der Waals surface area (Å²) in [7, 11) is 0. The standard InChI is InChI=1S/C6H3ClF2INO/c7-2-1-3(12)4(5(8)9)11-6(2)10/h1,5,12H. The van der Waals surface area contributed by atoms with Gasteiger partial charge in [-0.05, 0) is 22.6 Å². The van der Waals surface area contributed by atoms with Gasteiger partial charge in [0.05, 0.1) is 5.02 Å². The number of rotatable bonds is 1. The van der Waals surface area contributed by atoms with Crippen LogP contribution >= 0.6 is 34.2 Å². The molecule has 0 aliphatic rings. The molecule has 2 nitrogen and oxygen atoms in total. The highest BCUT2D eigenvalue weighted by atomic mass is 127. The molecule has 1 aromatic heterocycles. The minimum absolute atomic E-state index is 0.164. The van der Waals surface area contributed by atoms with Crippen molar-refractivity contribution in [3.05, 3.63) is 20.5 Å². The maximum Gasteiger partial charge on any atom is 0.284 e. The molecule has 0 atom stereocenters. The number of nitrogens with zero attached hydrogens (tertiary/aromatic N) is 1. The average Bonchev–Trinajstić information content (AvgIpc) is 1.96. The van der Waals surface area contributed by atoms with Gasteiger partial charge < -0.3 is 5.11 Å². The van der Waals surface area contributed by atoms with E-state index in [9.17, 15) is 8.78 Å². The fourth-order valence-corrected chi connectivity index (χ4v) is 1.19. The Kier molecular flexibility index (Phi) is 3.05. The van der Waals surface area contributed by atoms with Gasteiger partial charge in [-0.25, -0.2) is 13.8 Å². The van der Waals surface area contributed by atoms with Gasteiger partial charge in [0.2, 0.25) is 0 Å². The molecule has 0 saturated carbocycles. The van der Waals surface area contributed by atoms with E-state index in [0.717, 1.165) is 6.07 Å². The Hall–Kier alpha value is -0.170. The third-order valence-electron chi connectivity index (χ3n) is 1.15. The van der Waals surface area contributed by atoms with Crippen LogP contribution in [0.1, 0.15) is 12.1 Å². The third-order valence-corrected chi connectivity index (χ3v) is 2.58. The second kappa shape index (κ2) is 3.69. The zero-order chi connectivity index (χ0) is 9.30. The van der Waals surface area contributed by atoms with Gasteiger partial charge >= 0.3 is 0 Å². The van der Waals surface area contributed by atoms with Crippen LogP contribution < -0.4 is 0 Å². The number of aromatic nitrogens is 1. The summed E-state index contributed by atoms with van der Waals surface area (Å²) in [5.74, 6) is -0.574. The number of pyridine rings is 1. The first-order chi connectivity index (χ1) is 5.52. The fraction of sp³-hybridized carbons (Fsp3) is 0.167. The summed E-state index contributed by atoms with van der Waals surface area (Å²) in [6.07, 6.45) is -2.78. The van der Waals surface area contributed by atoms with Crippen molar-refractivity contribution in [1.82, 2.24) is 4.98 Å². The molecule has 0 aromatic carbocycles. The number of aromatic hydroxyl groups is 1. The quantitative estimate of drug-likeness (QED) is 0.639. The Balaban J connectivity index is 3.23. The second-order valence-electron chi connectivity index (χ2n) is 1.97. The van der Waals surface area contributed by atoms with Crippen LogP contribution in [0.2, 0.25) is 5.02 Å². The predicted molar refractivity (Wildman–Crippen MR) is 48.6 cm³/mol. The lowest BCUT2D eigenvalue weighted by atomic mass is 10.3. The Labute approximate surface area is 85.7 Å². The van der Waals surface area contributed by atoms with Crippen molar-refractivity contribution >= 4 is 34.2 Å². The van der Waals surface area contributed by atoms with Gasteiger partial charge in [-0.1, -0.05) is 11.6 Å². The topological polar surface area (TPSA) is 33.1 Å². The molecule has 0 bridgehead atoms. The van der Waals surface area contributed by atoms with Crippen LogP contribution in [-0.2, 0) is 0 Å². The fourth-order valence-electron chi connectivity index (χ4n) is 0.631. The molecule has 0 radical (unpaired) electrons. The van der Waals surface area contributed by atoms with Crippen LogP contribution in [0.25, 0.3) is 0 Å². The molecule has 12 heavy (non-hydrogen) atoms. The van der Waals surface area contributed by atoms with Crippen molar-refractivity contribution in [2.75, 3.05) is 0 Å². The lowest BCUT2D eigenvalue weighted by molar-refractivity contribution is 0.141. The van der Waals surface area contributed by atoms with Crippen LogP contribution in [-0.4, -0.2) is 10.1 Å². The van der Waals surface area contributed by atoms with E-state index in [2.05, 4.69) is 4.98 Å². The van der Waals surface area contributed by atoms with Crippen molar-refractivity contribution in [2.24, 2.45) is 0 Å². The van der Waals surface area contributed by atoms with Crippen molar-refractivity contribution in [3.8, 4) is 5.75 Å². The molecule has 0 fully saturated rings. The molecule has 1 rings (SSSR count). The average molecular weight is 305 g/mol. The first-order valence-corrected chi connectivity index (χ1v) is 4.31. The molecule has 0 amide bonds. The molecule has 0 unspecified atom stereocenters. The molecule has 1 N–H and O–H groups in total. The van der Waals surface area contributed by atoms with E-state index in [1.54, 1.807) is 22.6 Å². The SMILES string of the molecule is Oc1cc(Cl)c(I)nc1C(F)F. The monoisotopic (exact) mass is 305 g/mol. The van der Waals surface area contributed by atoms with Gasteiger partial charge in [0, 0.05) is 6.07 Å². The van der Waals surface area contributed by atoms with Gasteiger partial charge in [-0.3, -0.25) is 0 Å². The minimum Gasteiger partial charge on any atom is -0.506 e. The van der Waals surface area contributed by atoms with Crippen molar-refractivity contribution < 1.29 is 13.9 Å². The van der Waals surface area contributed by atoms with Crippen LogP contribution in [0.5, 0.6) is 5.75 Å². The summed E-state index contributed by atoms with van der Waals surface area (Å²) in [5, 5.41) is 9.12. The van der Waals surface area contributed by atoms with Crippen molar-refractivity contribution in [1.29, 1.82) is 0 Å². The lowest BCUT2D eigenvalue weighted by Gasteiger charge is -2.03. The van der Waals surface area contributed by atoms with Crippen LogP contribution in [0, 0.1) is 3.70 Å². The van der Waals surface area contributed by atoms with E-state index in [1.165, 1.54) is 0 Å². The summed E-state index contributed by atoms with van der Waals surface area (Å²) in [4.78, 5) is 3.43. The number of hydrogen-bond donors (Lipinski definition) is 1. The largest absolute Gasteiger partial charge is 0.506 e. The van der Waals surface area contributed by atoms with Gasteiger partial charge in [0.15, 0.2) is 0 Å². The number of halogens is 4. The third kappa shape index (κ3) is 1.95. The highest BCUT2D eigenvalue weighted by Gasteiger charge is 2.16. The van der Waals surface area contributed by atoms with E-state index in [0.29, 0.717) is 0 Å². The molecule has 1 heterocycles. The van der Waals surface area contributed by atoms with E-state index in [-0.39, 0.29) is 8.72 Å². The Morgan fingerprint density at radius 2 is 2.17 bits per heavy atom. The second-order valence-corrected chi connectivity index (χ2v) is 3.40. The van der Waals surface area contributed by atoms with Crippen LogP contribution in [0.3, 0.4) is 0 Å².